The lowest BCUT2D eigenvalue weighted by molar-refractivity contribution is 0.398. The van der Waals surface area contributed by atoms with E-state index < -0.39 is 0 Å². The summed E-state index contributed by atoms with van der Waals surface area (Å²) < 4.78 is 13.3. The molecule has 2 nitrogen and oxygen atoms in total. The van der Waals surface area contributed by atoms with Gasteiger partial charge in [0.25, 0.3) is 0 Å². The Morgan fingerprint density at radius 1 is 1.36 bits per heavy atom. The highest BCUT2D eigenvalue weighted by Gasteiger charge is 2.04. The summed E-state index contributed by atoms with van der Waals surface area (Å²) in [4.78, 5) is 5.12. The van der Waals surface area contributed by atoms with Gasteiger partial charge in [-0.15, -0.1) is 0 Å². The predicted molar refractivity (Wildman–Crippen MR) is 55.6 cm³/mol. The quantitative estimate of drug-likeness (QED) is 0.774. The van der Waals surface area contributed by atoms with Crippen LogP contribution in [-0.4, -0.2) is 24.0 Å². The monoisotopic (exact) mass is 192 g/mol. The number of aromatic amines is 1. The van der Waals surface area contributed by atoms with Crippen LogP contribution in [-0.2, 0) is 6.54 Å². The lowest BCUT2D eigenvalue weighted by atomic mass is 10.2. The van der Waals surface area contributed by atoms with Gasteiger partial charge >= 0.3 is 0 Å². The average molecular weight is 192 g/mol. The van der Waals surface area contributed by atoms with Crippen LogP contribution < -0.4 is 0 Å². The van der Waals surface area contributed by atoms with Crippen molar-refractivity contribution >= 4 is 10.9 Å². The summed E-state index contributed by atoms with van der Waals surface area (Å²) in [6, 6.07) is 7.09. The molecule has 0 atom stereocenters. The molecular weight excluding hydrogens is 179 g/mol. The van der Waals surface area contributed by atoms with Gasteiger partial charge in [0.15, 0.2) is 0 Å². The number of nitrogens with one attached hydrogen (secondary N) is 1. The Balaban J connectivity index is 2.46. The molecule has 0 bridgehead atoms. The second kappa shape index (κ2) is 3.42. The van der Waals surface area contributed by atoms with Gasteiger partial charge < -0.3 is 9.88 Å². The Morgan fingerprint density at radius 3 is 2.79 bits per heavy atom. The van der Waals surface area contributed by atoms with E-state index in [-0.39, 0.29) is 5.82 Å². The number of aromatic nitrogens is 1. The zero-order chi connectivity index (χ0) is 10.1. The van der Waals surface area contributed by atoms with Gasteiger partial charge in [-0.1, -0.05) is 12.1 Å². The van der Waals surface area contributed by atoms with E-state index in [1.807, 2.05) is 31.1 Å². The normalized spacial score (nSPS) is 11.4. The first-order chi connectivity index (χ1) is 6.66. The van der Waals surface area contributed by atoms with Crippen LogP contribution in [0.25, 0.3) is 10.9 Å². The fourth-order valence-electron chi connectivity index (χ4n) is 1.60. The molecule has 1 aromatic carbocycles. The lowest BCUT2D eigenvalue weighted by Gasteiger charge is -2.06. The Morgan fingerprint density at radius 2 is 2.14 bits per heavy atom. The number of halogens is 1. The highest BCUT2D eigenvalue weighted by atomic mass is 19.1. The maximum absolute atomic E-state index is 13.3. The van der Waals surface area contributed by atoms with Gasteiger partial charge in [0.2, 0.25) is 0 Å². The first-order valence-corrected chi connectivity index (χ1v) is 4.57. The molecular formula is C11H13FN2. The predicted octanol–water partition coefficient (Wildman–Crippen LogP) is 2.37. The van der Waals surface area contributed by atoms with Gasteiger partial charge in [0, 0.05) is 17.6 Å². The molecule has 0 spiro atoms. The molecule has 0 aliphatic heterocycles. The van der Waals surface area contributed by atoms with Crippen molar-refractivity contribution < 1.29 is 4.39 Å². The van der Waals surface area contributed by atoms with Gasteiger partial charge in [-0.3, -0.25) is 0 Å². The molecule has 1 N–H and O–H groups in total. The van der Waals surface area contributed by atoms with Crippen molar-refractivity contribution in [1.82, 2.24) is 9.88 Å². The standard InChI is InChI=1S/C11H13FN2/c1-14(2)7-9-6-8-4-3-5-10(12)11(8)13-9/h3-6,13H,7H2,1-2H3. The number of rotatable bonds is 2. The van der Waals surface area contributed by atoms with Gasteiger partial charge in [-0.2, -0.15) is 0 Å². The first kappa shape index (κ1) is 9.21. The van der Waals surface area contributed by atoms with Gasteiger partial charge in [-0.05, 0) is 26.2 Å². The van der Waals surface area contributed by atoms with Crippen LogP contribution in [0.3, 0.4) is 0 Å². The van der Waals surface area contributed by atoms with E-state index >= 15 is 0 Å². The SMILES string of the molecule is CN(C)Cc1cc2cccc(F)c2[nH]1. The molecule has 0 saturated carbocycles. The summed E-state index contributed by atoms with van der Waals surface area (Å²) in [7, 11) is 3.98. The zero-order valence-corrected chi connectivity index (χ0v) is 8.34. The Labute approximate surface area is 82.3 Å². The molecule has 0 aliphatic carbocycles. The third kappa shape index (κ3) is 1.63. The molecule has 0 saturated heterocycles. The van der Waals surface area contributed by atoms with Crippen LogP contribution in [0.15, 0.2) is 24.3 Å². The molecule has 3 heteroatoms. The summed E-state index contributed by atoms with van der Waals surface area (Å²) in [5.41, 5.74) is 1.64. The van der Waals surface area contributed by atoms with Crippen molar-refractivity contribution in [2.45, 2.75) is 6.54 Å². The van der Waals surface area contributed by atoms with Crippen LogP contribution in [0.4, 0.5) is 4.39 Å². The highest BCUT2D eigenvalue weighted by molar-refractivity contribution is 5.80. The molecule has 2 rings (SSSR count). The molecule has 0 fully saturated rings. The van der Waals surface area contributed by atoms with E-state index in [2.05, 4.69) is 4.98 Å². The smallest absolute Gasteiger partial charge is 0.147 e. The third-order valence-corrected chi connectivity index (χ3v) is 2.15. The summed E-state index contributed by atoms with van der Waals surface area (Å²) in [5, 5.41) is 0.932. The molecule has 1 heterocycles. The topological polar surface area (TPSA) is 19.0 Å². The Kier molecular flexibility index (Phi) is 2.25. The largest absolute Gasteiger partial charge is 0.355 e. The Bertz CT molecular complexity index is 445. The third-order valence-electron chi connectivity index (χ3n) is 2.15. The first-order valence-electron chi connectivity index (χ1n) is 4.57. The number of benzene rings is 1. The fourth-order valence-corrected chi connectivity index (χ4v) is 1.60. The van der Waals surface area contributed by atoms with E-state index in [1.54, 1.807) is 6.07 Å². The molecule has 0 unspecified atom stereocenters. The number of para-hydroxylation sites is 1. The zero-order valence-electron chi connectivity index (χ0n) is 8.34. The summed E-state index contributed by atoms with van der Waals surface area (Å²) in [6.45, 7) is 0.800. The summed E-state index contributed by atoms with van der Waals surface area (Å²) >= 11 is 0. The van der Waals surface area contributed by atoms with Crippen molar-refractivity contribution in [3.05, 3.63) is 35.8 Å². The van der Waals surface area contributed by atoms with Gasteiger partial charge in [0.05, 0.1) is 5.52 Å². The van der Waals surface area contributed by atoms with Crippen molar-refractivity contribution in [1.29, 1.82) is 0 Å². The van der Waals surface area contributed by atoms with Crippen LogP contribution in [0.2, 0.25) is 0 Å². The number of hydrogen-bond donors (Lipinski definition) is 1. The second-order valence-corrected chi connectivity index (χ2v) is 3.74. The summed E-state index contributed by atoms with van der Waals surface area (Å²) in [5.74, 6) is -0.187. The minimum atomic E-state index is -0.187. The molecule has 2 aromatic rings. The number of nitrogens with zero attached hydrogens (tertiary/aromatic N) is 1. The fraction of sp³-hybridized carbons (Fsp3) is 0.273. The van der Waals surface area contributed by atoms with Crippen molar-refractivity contribution in [2.24, 2.45) is 0 Å². The molecule has 0 radical (unpaired) electrons. The van der Waals surface area contributed by atoms with Gasteiger partial charge in [-0.25, -0.2) is 4.39 Å². The molecule has 0 amide bonds. The highest BCUT2D eigenvalue weighted by Crippen LogP contribution is 2.18. The van der Waals surface area contributed by atoms with Crippen LogP contribution in [0.1, 0.15) is 5.69 Å². The maximum Gasteiger partial charge on any atom is 0.147 e. The second-order valence-electron chi connectivity index (χ2n) is 3.74. The van der Waals surface area contributed by atoms with Crippen molar-refractivity contribution in [2.75, 3.05) is 14.1 Å². The lowest BCUT2D eigenvalue weighted by Crippen LogP contribution is -2.10. The van der Waals surface area contributed by atoms with E-state index in [9.17, 15) is 4.39 Å². The number of hydrogen-bond acceptors (Lipinski definition) is 1. The Hall–Kier alpha value is -1.35. The van der Waals surface area contributed by atoms with Crippen LogP contribution in [0, 0.1) is 5.82 Å². The van der Waals surface area contributed by atoms with Crippen molar-refractivity contribution in [3.8, 4) is 0 Å². The maximum atomic E-state index is 13.3. The van der Waals surface area contributed by atoms with Crippen LogP contribution in [0.5, 0.6) is 0 Å². The number of H-pyrrole nitrogens is 1. The van der Waals surface area contributed by atoms with Crippen LogP contribution >= 0.6 is 0 Å². The van der Waals surface area contributed by atoms with E-state index in [0.717, 1.165) is 17.6 Å². The number of fused-ring (bicyclic) bond motifs is 1. The van der Waals surface area contributed by atoms with E-state index in [0.29, 0.717) is 5.52 Å². The minimum absolute atomic E-state index is 0.187. The van der Waals surface area contributed by atoms with Gasteiger partial charge in [0.1, 0.15) is 5.82 Å². The van der Waals surface area contributed by atoms with E-state index in [1.165, 1.54) is 6.07 Å². The van der Waals surface area contributed by atoms with Crippen molar-refractivity contribution in [3.63, 3.8) is 0 Å². The molecule has 14 heavy (non-hydrogen) atoms. The van der Waals surface area contributed by atoms with E-state index in [4.69, 9.17) is 0 Å². The minimum Gasteiger partial charge on any atom is -0.355 e. The molecule has 1 aromatic heterocycles. The summed E-state index contributed by atoms with van der Waals surface area (Å²) in [6.07, 6.45) is 0. The average Bonchev–Trinajstić information content (AvgIpc) is 2.47. The molecule has 0 aliphatic rings. The molecule has 74 valence electrons.